The van der Waals surface area contributed by atoms with Crippen molar-refractivity contribution in [2.45, 2.75) is 20.4 Å². The maximum atomic E-state index is 13.5. The largest absolute Gasteiger partial charge is 0.378 e. The summed E-state index contributed by atoms with van der Waals surface area (Å²) in [6.07, 6.45) is 0. The standard InChI is InChI=1S/C19H21FN6O3/c1-12-9-14(3-4-15(12)20)22-18-21-13(2)10-16-23-25(19(28)26(16)18)11-17(27)24-5-7-29-8-6-24/h3-4,9-10H,5-8,11H2,1-2H3,(H,21,22). The summed E-state index contributed by atoms with van der Waals surface area (Å²) < 4.78 is 21.2. The number of carbonyl (C=O) groups is 1. The number of aryl methyl sites for hydroxylation is 2. The Bertz CT molecular complexity index is 1130. The molecular formula is C19H21FN6O3. The minimum atomic E-state index is -0.476. The maximum absolute atomic E-state index is 13.5. The van der Waals surface area contributed by atoms with E-state index in [-0.39, 0.29) is 24.2 Å². The lowest BCUT2D eigenvalue weighted by Gasteiger charge is -2.26. The molecule has 4 rings (SSSR count). The van der Waals surface area contributed by atoms with Gasteiger partial charge in [-0.15, -0.1) is 5.10 Å². The monoisotopic (exact) mass is 400 g/mol. The Morgan fingerprint density at radius 2 is 2.00 bits per heavy atom. The summed E-state index contributed by atoms with van der Waals surface area (Å²) in [5, 5.41) is 7.34. The molecule has 29 heavy (non-hydrogen) atoms. The van der Waals surface area contributed by atoms with E-state index >= 15 is 0 Å². The first-order chi connectivity index (χ1) is 13.9. The van der Waals surface area contributed by atoms with Crippen molar-refractivity contribution in [1.82, 2.24) is 24.1 Å². The molecule has 1 saturated heterocycles. The topological polar surface area (TPSA) is 93.8 Å². The molecule has 0 aliphatic carbocycles. The number of benzene rings is 1. The second-order valence-corrected chi connectivity index (χ2v) is 6.94. The van der Waals surface area contributed by atoms with Gasteiger partial charge in [-0.2, -0.15) is 0 Å². The lowest BCUT2D eigenvalue weighted by molar-refractivity contribution is -0.136. The molecule has 0 atom stereocenters. The number of aromatic nitrogens is 4. The number of halogens is 1. The van der Waals surface area contributed by atoms with E-state index in [2.05, 4.69) is 15.4 Å². The van der Waals surface area contributed by atoms with Crippen LogP contribution in [0.25, 0.3) is 5.65 Å². The van der Waals surface area contributed by atoms with Crippen molar-refractivity contribution in [3.05, 3.63) is 51.8 Å². The number of nitrogens with zero attached hydrogens (tertiary/aromatic N) is 5. The lowest BCUT2D eigenvalue weighted by atomic mass is 10.2. The average molecular weight is 400 g/mol. The molecule has 1 aliphatic rings. The quantitative estimate of drug-likeness (QED) is 0.709. The first kappa shape index (κ1) is 19.1. The van der Waals surface area contributed by atoms with Gasteiger partial charge in [0.2, 0.25) is 11.9 Å². The minimum Gasteiger partial charge on any atom is -0.378 e. The first-order valence-electron chi connectivity index (χ1n) is 9.28. The van der Waals surface area contributed by atoms with E-state index in [1.54, 1.807) is 36.9 Å². The van der Waals surface area contributed by atoms with Gasteiger partial charge in [-0.3, -0.25) is 4.79 Å². The fourth-order valence-electron chi connectivity index (χ4n) is 3.23. The highest BCUT2D eigenvalue weighted by atomic mass is 19.1. The normalized spacial score (nSPS) is 14.4. The van der Waals surface area contributed by atoms with Gasteiger partial charge in [-0.25, -0.2) is 23.3 Å². The number of nitrogens with one attached hydrogen (secondary N) is 1. The van der Waals surface area contributed by atoms with Gasteiger partial charge >= 0.3 is 5.69 Å². The summed E-state index contributed by atoms with van der Waals surface area (Å²) in [7, 11) is 0. The van der Waals surface area contributed by atoms with E-state index in [1.165, 1.54) is 10.5 Å². The van der Waals surface area contributed by atoms with Gasteiger partial charge in [0.15, 0.2) is 5.65 Å². The third-order valence-corrected chi connectivity index (χ3v) is 4.76. The minimum absolute atomic E-state index is 0.158. The van der Waals surface area contributed by atoms with Gasteiger partial charge in [0.05, 0.1) is 13.2 Å². The number of hydrogen-bond acceptors (Lipinski definition) is 6. The zero-order valence-corrected chi connectivity index (χ0v) is 16.2. The van der Waals surface area contributed by atoms with Crippen LogP contribution in [-0.2, 0) is 16.1 Å². The fraction of sp³-hybridized carbons (Fsp3) is 0.368. The Kier molecular flexibility index (Phi) is 5.01. The molecule has 1 fully saturated rings. The van der Waals surface area contributed by atoms with E-state index in [9.17, 15) is 14.0 Å². The SMILES string of the molecule is Cc1cc2nn(CC(=O)N3CCOCC3)c(=O)n2c(Nc2ccc(F)c(C)c2)n1. The Hall–Kier alpha value is -3.27. The van der Waals surface area contributed by atoms with E-state index < -0.39 is 5.69 Å². The van der Waals surface area contributed by atoms with Crippen molar-refractivity contribution in [1.29, 1.82) is 0 Å². The molecule has 1 aliphatic heterocycles. The van der Waals surface area contributed by atoms with E-state index in [4.69, 9.17) is 4.74 Å². The van der Waals surface area contributed by atoms with Crippen LogP contribution in [0.5, 0.6) is 0 Å². The molecule has 0 bridgehead atoms. The van der Waals surface area contributed by atoms with Crippen LogP contribution in [0.2, 0.25) is 0 Å². The third-order valence-electron chi connectivity index (χ3n) is 4.76. The molecule has 0 radical (unpaired) electrons. The van der Waals surface area contributed by atoms with Crippen LogP contribution in [0.4, 0.5) is 16.0 Å². The number of anilines is 2. The van der Waals surface area contributed by atoms with E-state index in [1.807, 2.05) is 0 Å². The number of carbonyl (C=O) groups excluding carboxylic acids is 1. The summed E-state index contributed by atoms with van der Waals surface area (Å²) in [5.74, 6) is -0.252. The van der Waals surface area contributed by atoms with Gasteiger partial charge in [0.25, 0.3) is 0 Å². The fourth-order valence-corrected chi connectivity index (χ4v) is 3.23. The van der Waals surface area contributed by atoms with Crippen molar-refractivity contribution in [3.8, 4) is 0 Å². The second-order valence-electron chi connectivity index (χ2n) is 6.94. The van der Waals surface area contributed by atoms with Crippen molar-refractivity contribution in [2.24, 2.45) is 0 Å². The molecule has 3 aromatic rings. The predicted octanol–water partition coefficient (Wildman–Crippen LogP) is 1.25. The highest BCUT2D eigenvalue weighted by Crippen LogP contribution is 2.18. The van der Waals surface area contributed by atoms with Crippen LogP contribution in [0, 0.1) is 19.7 Å². The molecule has 0 spiro atoms. The summed E-state index contributed by atoms with van der Waals surface area (Å²) in [6, 6.07) is 6.20. The van der Waals surface area contributed by atoms with Crippen LogP contribution in [-0.4, -0.2) is 56.3 Å². The summed E-state index contributed by atoms with van der Waals surface area (Å²) in [5.41, 5.74) is 1.61. The number of fused-ring (bicyclic) bond motifs is 1. The Morgan fingerprint density at radius 3 is 2.72 bits per heavy atom. The summed E-state index contributed by atoms with van der Waals surface area (Å²) in [6.45, 7) is 5.25. The predicted molar refractivity (Wildman–Crippen MR) is 104 cm³/mol. The van der Waals surface area contributed by atoms with Crippen molar-refractivity contribution >= 4 is 23.2 Å². The molecule has 1 aromatic carbocycles. The Morgan fingerprint density at radius 1 is 1.24 bits per heavy atom. The number of amides is 1. The maximum Gasteiger partial charge on any atom is 0.353 e. The van der Waals surface area contributed by atoms with Gasteiger partial charge in [-0.05, 0) is 37.6 Å². The summed E-state index contributed by atoms with van der Waals surface area (Å²) in [4.78, 5) is 31.5. The third kappa shape index (κ3) is 3.83. The molecule has 0 unspecified atom stereocenters. The second kappa shape index (κ2) is 7.63. The van der Waals surface area contributed by atoms with Crippen molar-refractivity contribution < 1.29 is 13.9 Å². The molecule has 2 aromatic heterocycles. The zero-order valence-electron chi connectivity index (χ0n) is 16.2. The molecular weight excluding hydrogens is 379 g/mol. The van der Waals surface area contributed by atoms with Crippen LogP contribution in [0.15, 0.2) is 29.1 Å². The van der Waals surface area contributed by atoms with Gasteiger partial charge in [0.1, 0.15) is 12.4 Å². The molecule has 0 saturated carbocycles. The zero-order chi connectivity index (χ0) is 20.5. The molecule has 152 valence electrons. The Labute approximate surface area is 165 Å². The highest BCUT2D eigenvalue weighted by molar-refractivity contribution is 5.76. The van der Waals surface area contributed by atoms with Crippen molar-refractivity contribution in [3.63, 3.8) is 0 Å². The van der Waals surface area contributed by atoms with Crippen LogP contribution in [0.3, 0.4) is 0 Å². The first-order valence-corrected chi connectivity index (χ1v) is 9.28. The van der Waals surface area contributed by atoms with Gasteiger partial charge < -0.3 is 15.0 Å². The van der Waals surface area contributed by atoms with E-state index in [0.717, 1.165) is 4.68 Å². The molecule has 9 nitrogen and oxygen atoms in total. The Balaban J connectivity index is 1.67. The van der Waals surface area contributed by atoms with Crippen LogP contribution < -0.4 is 11.0 Å². The van der Waals surface area contributed by atoms with Gasteiger partial charge in [-0.1, -0.05) is 0 Å². The number of rotatable bonds is 4. The summed E-state index contributed by atoms with van der Waals surface area (Å²) >= 11 is 0. The van der Waals surface area contributed by atoms with Crippen LogP contribution in [0.1, 0.15) is 11.3 Å². The number of morpholine rings is 1. The highest BCUT2D eigenvalue weighted by Gasteiger charge is 2.20. The molecule has 3 heterocycles. The average Bonchev–Trinajstić information content (AvgIpc) is 3.00. The van der Waals surface area contributed by atoms with Crippen molar-refractivity contribution in [2.75, 3.05) is 31.6 Å². The van der Waals surface area contributed by atoms with Crippen LogP contribution >= 0.6 is 0 Å². The molecule has 1 amide bonds. The van der Waals surface area contributed by atoms with Gasteiger partial charge in [0, 0.05) is 30.5 Å². The molecule has 1 N–H and O–H groups in total. The van der Waals surface area contributed by atoms with E-state index in [0.29, 0.717) is 48.9 Å². The molecule has 10 heteroatoms. The lowest BCUT2D eigenvalue weighted by Crippen LogP contribution is -2.43. The smallest absolute Gasteiger partial charge is 0.353 e. The number of ether oxygens (including phenoxy) is 1. The number of hydrogen-bond donors (Lipinski definition) is 1.